The molecular weight excluding hydrogens is 378 g/mol. The van der Waals surface area contributed by atoms with Gasteiger partial charge in [0.15, 0.2) is 0 Å². The van der Waals surface area contributed by atoms with Crippen LogP contribution in [-0.4, -0.2) is 9.13 Å². The van der Waals surface area contributed by atoms with E-state index in [9.17, 15) is 0 Å². The van der Waals surface area contributed by atoms with Crippen LogP contribution in [0.3, 0.4) is 0 Å². The fourth-order valence-electron chi connectivity index (χ4n) is 5.11. The van der Waals surface area contributed by atoms with Crippen molar-refractivity contribution in [1.29, 1.82) is 0 Å². The van der Waals surface area contributed by atoms with Gasteiger partial charge in [0.05, 0.1) is 0 Å². The SMILES string of the molecule is CCn1c2ccccc2c2cc(Nc3ccc4c(c3)c3ccccc3n4CC)ccc21. The van der Waals surface area contributed by atoms with Crippen molar-refractivity contribution in [3.63, 3.8) is 0 Å². The molecule has 0 aliphatic rings. The maximum absolute atomic E-state index is 3.65. The Bertz CT molecular complexity index is 1460. The molecule has 0 saturated heterocycles. The lowest BCUT2D eigenvalue weighted by molar-refractivity contribution is 0.827. The standard InChI is InChI=1S/C28H25N3/c1-3-30-25-11-7-5-9-21(25)23-17-19(13-15-27(23)30)29-20-14-16-28-24(18-20)22-10-6-8-12-26(22)31(28)4-2/h5-18,29H,3-4H2,1-2H3. The molecule has 4 aromatic carbocycles. The summed E-state index contributed by atoms with van der Waals surface area (Å²) in [4.78, 5) is 0. The molecule has 6 rings (SSSR count). The number of nitrogens with one attached hydrogen (secondary N) is 1. The second-order valence-corrected chi connectivity index (χ2v) is 8.11. The van der Waals surface area contributed by atoms with Crippen LogP contribution in [0.4, 0.5) is 11.4 Å². The number of nitrogens with zero attached hydrogens (tertiary/aromatic N) is 2. The lowest BCUT2D eigenvalue weighted by Gasteiger charge is -2.09. The topological polar surface area (TPSA) is 21.9 Å². The van der Waals surface area contributed by atoms with Crippen molar-refractivity contribution < 1.29 is 0 Å². The van der Waals surface area contributed by atoms with Gasteiger partial charge in [0.25, 0.3) is 0 Å². The number of hydrogen-bond acceptors (Lipinski definition) is 1. The van der Waals surface area contributed by atoms with E-state index in [1.54, 1.807) is 0 Å². The summed E-state index contributed by atoms with van der Waals surface area (Å²) in [6, 6.07) is 30.8. The summed E-state index contributed by atoms with van der Waals surface area (Å²) in [5.74, 6) is 0. The maximum Gasteiger partial charge on any atom is 0.0492 e. The van der Waals surface area contributed by atoms with Gasteiger partial charge in [0.1, 0.15) is 0 Å². The first-order valence-electron chi connectivity index (χ1n) is 11.1. The van der Waals surface area contributed by atoms with Crippen LogP contribution in [0.15, 0.2) is 84.9 Å². The Morgan fingerprint density at radius 3 is 1.39 bits per heavy atom. The van der Waals surface area contributed by atoms with Gasteiger partial charge in [-0.2, -0.15) is 0 Å². The number of aryl methyl sites for hydroxylation is 2. The molecule has 0 saturated carbocycles. The lowest BCUT2D eigenvalue weighted by Crippen LogP contribution is -1.94. The largest absolute Gasteiger partial charge is 0.355 e. The molecule has 1 N–H and O–H groups in total. The van der Waals surface area contributed by atoms with Crippen molar-refractivity contribution in [2.75, 3.05) is 5.32 Å². The minimum Gasteiger partial charge on any atom is -0.355 e. The highest BCUT2D eigenvalue weighted by atomic mass is 15.0. The third kappa shape index (κ3) is 2.66. The van der Waals surface area contributed by atoms with Crippen molar-refractivity contribution in [2.24, 2.45) is 0 Å². The molecule has 2 aromatic heterocycles. The van der Waals surface area contributed by atoms with Crippen molar-refractivity contribution in [3.05, 3.63) is 84.9 Å². The highest BCUT2D eigenvalue weighted by Crippen LogP contribution is 2.34. The van der Waals surface area contributed by atoms with E-state index in [0.29, 0.717) is 0 Å². The van der Waals surface area contributed by atoms with Crippen molar-refractivity contribution in [1.82, 2.24) is 9.13 Å². The molecule has 0 spiro atoms. The molecule has 31 heavy (non-hydrogen) atoms. The van der Waals surface area contributed by atoms with Gasteiger partial charge in [0, 0.05) is 68.1 Å². The van der Waals surface area contributed by atoms with Crippen molar-refractivity contribution in [3.8, 4) is 0 Å². The summed E-state index contributed by atoms with van der Waals surface area (Å²) >= 11 is 0. The molecule has 0 fully saturated rings. The third-order valence-electron chi connectivity index (χ3n) is 6.47. The van der Waals surface area contributed by atoms with Crippen molar-refractivity contribution in [2.45, 2.75) is 26.9 Å². The van der Waals surface area contributed by atoms with Crippen LogP contribution in [0.2, 0.25) is 0 Å². The van der Waals surface area contributed by atoms with Gasteiger partial charge in [-0.25, -0.2) is 0 Å². The van der Waals surface area contributed by atoms with Crippen LogP contribution in [0, 0.1) is 0 Å². The Morgan fingerprint density at radius 1 is 0.516 bits per heavy atom. The van der Waals surface area contributed by atoms with E-state index < -0.39 is 0 Å². The zero-order valence-corrected chi connectivity index (χ0v) is 17.9. The molecule has 6 aromatic rings. The van der Waals surface area contributed by atoms with E-state index in [1.165, 1.54) is 43.6 Å². The Labute approximate surface area is 181 Å². The van der Waals surface area contributed by atoms with E-state index in [0.717, 1.165) is 24.5 Å². The molecular formula is C28H25N3. The monoisotopic (exact) mass is 403 g/mol. The fraction of sp³-hybridized carbons (Fsp3) is 0.143. The van der Waals surface area contributed by atoms with Crippen LogP contribution >= 0.6 is 0 Å². The number of benzene rings is 4. The molecule has 0 amide bonds. The zero-order valence-electron chi connectivity index (χ0n) is 17.9. The fourth-order valence-corrected chi connectivity index (χ4v) is 5.11. The average Bonchev–Trinajstić information content (AvgIpc) is 3.31. The first-order chi connectivity index (χ1) is 15.3. The minimum absolute atomic E-state index is 0.967. The smallest absolute Gasteiger partial charge is 0.0492 e. The lowest BCUT2D eigenvalue weighted by atomic mass is 10.1. The van der Waals surface area contributed by atoms with Crippen LogP contribution in [0.25, 0.3) is 43.6 Å². The van der Waals surface area contributed by atoms with Crippen LogP contribution in [-0.2, 0) is 13.1 Å². The van der Waals surface area contributed by atoms with Gasteiger partial charge in [-0.15, -0.1) is 0 Å². The zero-order chi connectivity index (χ0) is 20.9. The number of hydrogen-bond donors (Lipinski definition) is 1. The minimum atomic E-state index is 0.967. The first kappa shape index (κ1) is 18.1. The summed E-state index contributed by atoms with van der Waals surface area (Å²) < 4.78 is 4.78. The predicted molar refractivity (Wildman–Crippen MR) is 134 cm³/mol. The molecule has 3 nitrogen and oxygen atoms in total. The molecule has 2 heterocycles. The van der Waals surface area contributed by atoms with E-state index in [1.807, 2.05) is 0 Å². The van der Waals surface area contributed by atoms with E-state index in [2.05, 4.69) is 113 Å². The maximum atomic E-state index is 3.65. The van der Waals surface area contributed by atoms with Crippen molar-refractivity contribution >= 4 is 55.0 Å². The number of anilines is 2. The Balaban J connectivity index is 1.47. The van der Waals surface area contributed by atoms with Gasteiger partial charge < -0.3 is 14.5 Å². The van der Waals surface area contributed by atoms with Gasteiger partial charge in [-0.1, -0.05) is 36.4 Å². The summed E-state index contributed by atoms with van der Waals surface area (Å²) in [5, 5.41) is 8.87. The van der Waals surface area contributed by atoms with E-state index in [4.69, 9.17) is 0 Å². The number of rotatable bonds is 4. The summed E-state index contributed by atoms with van der Waals surface area (Å²) in [6.07, 6.45) is 0. The highest BCUT2D eigenvalue weighted by Gasteiger charge is 2.12. The normalized spacial score (nSPS) is 11.8. The van der Waals surface area contributed by atoms with Crippen LogP contribution in [0.5, 0.6) is 0 Å². The van der Waals surface area contributed by atoms with Gasteiger partial charge >= 0.3 is 0 Å². The second-order valence-electron chi connectivity index (χ2n) is 8.11. The Morgan fingerprint density at radius 2 is 0.935 bits per heavy atom. The second kappa shape index (κ2) is 6.92. The number of para-hydroxylation sites is 2. The summed E-state index contributed by atoms with van der Waals surface area (Å²) in [7, 11) is 0. The third-order valence-corrected chi connectivity index (χ3v) is 6.47. The van der Waals surface area contributed by atoms with Crippen LogP contribution in [0.1, 0.15) is 13.8 Å². The Hall–Kier alpha value is -3.72. The molecule has 0 radical (unpaired) electrons. The number of aromatic nitrogens is 2. The molecule has 0 aliphatic heterocycles. The molecule has 3 heteroatoms. The molecule has 0 bridgehead atoms. The molecule has 0 unspecified atom stereocenters. The van der Waals surface area contributed by atoms with Gasteiger partial charge in [-0.05, 0) is 62.4 Å². The average molecular weight is 404 g/mol. The van der Waals surface area contributed by atoms with Gasteiger partial charge in [0.2, 0.25) is 0 Å². The highest BCUT2D eigenvalue weighted by molar-refractivity contribution is 6.10. The quantitative estimate of drug-likeness (QED) is 0.320. The van der Waals surface area contributed by atoms with E-state index in [-0.39, 0.29) is 0 Å². The Kier molecular flexibility index (Phi) is 4.03. The van der Waals surface area contributed by atoms with E-state index >= 15 is 0 Å². The van der Waals surface area contributed by atoms with Gasteiger partial charge in [-0.3, -0.25) is 0 Å². The van der Waals surface area contributed by atoms with Crippen LogP contribution < -0.4 is 5.32 Å². The molecule has 0 atom stereocenters. The molecule has 152 valence electrons. The number of fused-ring (bicyclic) bond motifs is 6. The molecule has 0 aliphatic carbocycles. The summed E-state index contributed by atoms with van der Waals surface area (Å²) in [6.45, 7) is 6.35. The predicted octanol–water partition coefficient (Wildman–Crippen LogP) is 7.69. The first-order valence-corrected chi connectivity index (χ1v) is 11.1. The summed E-state index contributed by atoms with van der Waals surface area (Å²) in [5.41, 5.74) is 7.40.